The smallest absolute Gasteiger partial charge is 0.0111 e. The summed E-state index contributed by atoms with van der Waals surface area (Å²) in [4.78, 5) is 0. The van der Waals surface area contributed by atoms with Gasteiger partial charge in [-0.25, -0.2) is 0 Å². The van der Waals surface area contributed by atoms with Gasteiger partial charge in [0.25, 0.3) is 0 Å². The van der Waals surface area contributed by atoms with Gasteiger partial charge in [-0.05, 0) is 26.2 Å². The van der Waals surface area contributed by atoms with Crippen molar-refractivity contribution in [2.45, 2.75) is 34.1 Å². The molecule has 0 aromatic carbocycles. The lowest BCUT2D eigenvalue weighted by atomic mass is 9.98. The third-order valence-electron chi connectivity index (χ3n) is 1.82. The number of hydrogen-bond donors (Lipinski definition) is 0. The van der Waals surface area contributed by atoms with Crippen LogP contribution in [-0.2, 0) is 0 Å². The Kier molecular flexibility index (Phi) is 4.10. The van der Waals surface area contributed by atoms with Crippen molar-refractivity contribution in [2.75, 3.05) is 0 Å². The van der Waals surface area contributed by atoms with Gasteiger partial charge in [0.1, 0.15) is 0 Å². The Balaban J connectivity index is 3.81. The maximum atomic E-state index is 4.00. The quantitative estimate of drug-likeness (QED) is 0.523. The summed E-state index contributed by atoms with van der Waals surface area (Å²) in [5, 5.41) is 0. The van der Waals surface area contributed by atoms with Gasteiger partial charge in [-0.2, -0.15) is 0 Å². The molecule has 10 heavy (non-hydrogen) atoms. The molecule has 0 N–H and O–H groups in total. The lowest BCUT2D eigenvalue weighted by molar-refractivity contribution is 0.742. The van der Waals surface area contributed by atoms with Gasteiger partial charge in [0.05, 0.1) is 0 Å². The molecule has 0 spiro atoms. The van der Waals surface area contributed by atoms with E-state index in [-0.39, 0.29) is 0 Å². The molecule has 0 aliphatic rings. The van der Waals surface area contributed by atoms with Crippen LogP contribution in [0.3, 0.4) is 0 Å². The standard InChI is InChI=1S/C10H18/c1-6-9(4)7-10(5)8(2)3/h6,8H,5,7H2,1-4H3. The summed E-state index contributed by atoms with van der Waals surface area (Å²) >= 11 is 0. The monoisotopic (exact) mass is 138 g/mol. The van der Waals surface area contributed by atoms with Gasteiger partial charge in [-0.15, -0.1) is 0 Å². The highest BCUT2D eigenvalue weighted by Gasteiger charge is 1.99. The molecule has 0 radical (unpaired) electrons. The fourth-order valence-electron chi connectivity index (χ4n) is 0.664. The van der Waals surface area contributed by atoms with Crippen LogP contribution in [0.2, 0.25) is 0 Å². The third-order valence-corrected chi connectivity index (χ3v) is 1.82. The molecule has 0 nitrogen and oxygen atoms in total. The van der Waals surface area contributed by atoms with Gasteiger partial charge >= 0.3 is 0 Å². The van der Waals surface area contributed by atoms with E-state index >= 15 is 0 Å². The summed E-state index contributed by atoms with van der Waals surface area (Å²) in [6.45, 7) is 12.6. The maximum absolute atomic E-state index is 4.00. The summed E-state index contributed by atoms with van der Waals surface area (Å²) in [6.07, 6.45) is 3.21. The molecule has 0 aliphatic carbocycles. The van der Waals surface area contributed by atoms with Gasteiger partial charge in [0.15, 0.2) is 0 Å². The van der Waals surface area contributed by atoms with Crippen molar-refractivity contribution in [3.63, 3.8) is 0 Å². The predicted octanol–water partition coefficient (Wildman–Crippen LogP) is 3.55. The first-order chi connectivity index (χ1) is 4.57. The SMILES string of the molecule is C=C(CC(C)=CC)C(C)C. The zero-order valence-electron chi connectivity index (χ0n) is 7.57. The second-order valence-corrected chi connectivity index (χ2v) is 3.12. The highest BCUT2D eigenvalue weighted by atomic mass is 14.0. The van der Waals surface area contributed by atoms with Crippen molar-refractivity contribution in [2.24, 2.45) is 5.92 Å². The Morgan fingerprint density at radius 1 is 1.50 bits per heavy atom. The summed E-state index contributed by atoms with van der Waals surface area (Å²) in [6, 6.07) is 0. The summed E-state index contributed by atoms with van der Waals surface area (Å²) in [5.74, 6) is 0.620. The minimum atomic E-state index is 0.620. The largest absolute Gasteiger partial charge is 0.0993 e. The molecule has 0 heteroatoms. The normalized spacial score (nSPS) is 12.3. The van der Waals surface area contributed by atoms with Crippen LogP contribution in [0.25, 0.3) is 0 Å². The molecule has 0 heterocycles. The fraction of sp³-hybridized carbons (Fsp3) is 0.600. The van der Waals surface area contributed by atoms with E-state index in [1.54, 1.807) is 0 Å². The molecule has 0 aromatic rings. The lowest BCUT2D eigenvalue weighted by Gasteiger charge is -2.08. The molecule has 0 bridgehead atoms. The van der Waals surface area contributed by atoms with Crippen molar-refractivity contribution < 1.29 is 0 Å². The molecule has 0 fully saturated rings. The van der Waals surface area contributed by atoms with Gasteiger partial charge in [-0.3, -0.25) is 0 Å². The lowest BCUT2D eigenvalue weighted by Crippen LogP contribution is -1.92. The fourth-order valence-corrected chi connectivity index (χ4v) is 0.664. The van der Waals surface area contributed by atoms with Crippen LogP contribution in [0, 0.1) is 5.92 Å². The van der Waals surface area contributed by atoms with Crippen LogP contribution in [0.4, 0.5) is 0 Å². The van der Waals surface area contributed by atoms with Crippen LogP contribution in [-0.4, -0.2) is 0 Å². The minimum absolute atomic E-state index is 0.620. The van der Waals surface area contributed by atoms with Crippen LogP contribution in [0.1, 0.15) is 34.1 Å². The predicted molar refractivity (Wildman–Crippen MR) is 48.0 cm³/mol. The number of rotatable bonds is 3. The molecule has 0 unspecified atom stereocenters. The second-order valence-electron chi connectivity index (χ2n) is 3.12. The van der Waals surface area contributed by atoms with E-state index in [1.165, 1.54) is 11.1 Å². The Morgan fingerprint density at radius 3 is 2.30 bits per heavy atom. The average Bonchev–Trinajstić information content (AvgIpc) is 1.87. The Morgan fingerprint density at radius 2 is 2.00 bits per heavy atom. The van der Waals surface area contributed by atoms with Crippen molar-refractivity contribution in [1.29, 1.82) is 0 Å². The zero-order valence-corrected chi connectivity index (χ0v) is 7.57. The van der Waals surface area contributed by atoms with E-state index in [0.717, 1.165) is 6.42 Å². The summed E-state index contributed by atoms with van der Waals surface area (Å²) < 4.78 is 0. The van der Waals surface area contributed by atoms with E-state index in [4.69, 9.17) is 0 Å². The van der Waals surface area contributed by atoms with Crippen LogP contribution in [0.5, 0.6) is 0 Å². The van der Waals surface area contributed by atoms with Gasteiger partial charge in [-0.1, -0.05) is 37.6 Å². The average molecular weight is 138 g/mol. The molecule has 0 saturated heterocycles. The van der Waals surface area contributed by atoms with Gasteiger partial charge in [0.2, 0.25) is 0 Å². The summed E-state index contributed by atoms with van der Waals surface area (Å²) in [5.41, 5.74) is 2.74. The van der Waals surface area contributed by atoms with Crippen molar-refractivity contribution >= 4 is 0 Å². The zero-order chi connectivity index (χ0) is 8.15. The second kappa shape index (κ2) is 4.32. The van der Waals surface area contributed by atoms with Crippen LogP contribution >= 0.6 is 0 Å². The number of hydrogen-bond acceptors (Lipinski definition) is 0. The van der Waals surface area contributed by atoms with Gasteiger partial charge in [0, 0.05) is 0 Å². The molecule has 0 rings (SSSR count). The van der Waals surface area contributed by atoms with Crippen LogP contribution in [0.15, 0.2) is 23.8 Å². The molecule has 0 atom stereocenters. The Labute approximate surface area is 64.6 Å². The van der Waals surface area contributed by atoms with Gasteiger partial charge < -0.3 is 0 Å². The van der Waals surface area contributed by atoms with Crippen molar-refractivity contribution in [1.82, 2.24) is 0 Å². The molecule has 0 saturated carbocycles. The van der Waals surface area contributed by atoms with E-state index in [9.17, 15) is 0 Å². The first kappa shape index (κ1) is 9.48. The van der Waals surface area contributed by atoms with Crippen molar-refractivity contribution in [3.05, 3.63) is 23.8 Å². The third kappa shape index (κ3) is 3.49. The first-order valence-corrected chi connectivity index (χ1v) is 3.87. The van der Waals surface area contributed by atoms with Crippen molar-refractivity contribution in [3.8, 4) is 0 Å². The topological polar surface area (TPSA) is 0 Å². The Hall–Kier alpha value is -0.520. The van der Waals surface area contributed by atoms with E-state index in [1.807, 2.05) is 0 Å². The molecule has 0 amide bonds. The molecule has 0 aromatic heterocycles. The molecular formula is C10H18. The van der Waals surface area contributed by atoms with Crippen LogP contribution < -0.4 is 0 Å². The highest BCUT2D eigenvalue weighted by molar-refractivity contribution is 5.11. The van der Waals surface area contributed by atoms with E-state index < -0.39 is 0 Å². The molecule has 58 valence electrons. The first-order valence-electron chi connectivity index (χ1n) is 3.87. The maximum Gasteiger partial charge on any atom is -0.0111 e. The Bertz CT molecular complexity index is 138. The van der Waals surface area contributed by atoms with E-state index in [0.29, 0.717) is 5.92 Å². The molecular weight excluding hydrogens is 120 g/mol. The van der Waals surface area contributed by atoms with E-state index in [2.05, 4.69) is 40.3 Å². The molecule has 0 aliphatic heterocycles. The highest BCUT2D eigenvalue weighted by Crippen LogP contribution is 2.15. The summed E-state index contributed by atoms with van der Waals surface area (Å²) in [7, 11) is 0. The minimum Gasteiger partial charge on any atom is -0.0993 e. The number of allylic oxidation sites excluding steroid dienone is 3.